The topological polar surface area (TPSA) is 97.9 Å². The summed E-state index contributed by atoms with van der Waals surface area (Å²) in [5.41, 5.74) is 1.87. The monoisotopic (exact) mass is 404 g/mol. The lowest BCUT2D eigenvalue weighted by atomic mass is 9.73. The minimum Gasteiger partial charge on any atom is -0.337 e. The van der Waals surface area contributed by atoms with E-state index in [4.69, 9.17) is 9.51 Å². The summed E-state index contributed by atoms with van der Waals surface area (Å²) >= 11 is 0. The minimum atomic E-state index is -0.152. The molecule has 3 aromatic heterocycles. The largest absolute Gasteiger partial charge is 0.337 e. The molecule has 2 fully saturated rings. The van der Waals surface area contributed by atoms with Crippen molar-refractivity contribution in [1.29, 1.82) is 0 Å². The molecule has 154 valence electrons. The average molecular weight is 404 g/mol. The van der Waals surface area contributed by atoms with Crippen LogP contribution < -0.4 is 0 Å². The molecule has 0 aromatic carbocycles. The van der Waals surface area contributed by atoms with E-state index in [1.54, 1.807) is 24.8 Å². The predicted octanol–water partition coefficient (Wildman–Crippen LogP) is 3.20. The van der Waals surface area contributed by atoms with Crippen molar-refractivity contribution in [3.63, 3.8) is 0 Å². The molecular formula is C22H24N6O2. The van der Waals surface area contributed by atoms with Crippen LogP contribution in [0.25, 0.3) is 11.5 Å². The molecular weight excluding hydrogens is 380 g/mol. The van der Waals surface area contributed by atoms with Crippen LogP contribution in [0.1, 0.15) is 54.1 Å². The van der Waals surface area contributed by atoms with Crippen LogP contribution in [-0.4, -0.2) is 49.0 Å². The zero-order valence-electron chi connectivity index (χ0n) is 17.0. The van der Waals surface area contributed by atoms with E-state index in [1.807, 2.05) is 24.0 Å². The molecule has 30 heavy (non-hydrogen) atoms. The van der Waals surface area contributed by atoms with Gasteiger partial charge in [-0.3, -0.25) is 14.8 Å². The fraction of sp³-hybridized carbons (Fsp3) is 0.455. The van der Waals surface area contributed by atoms with Crippen molar-refractivity contribution < 1.29 is 9.32 Å². The lowest BCUT2D eigenvalue weighted by Gasteiger charge is -2.40. The molecule has 0 bridgehead atoms. The predicted molar refractivity (Wildman–Crippen MR) is 108 cm³/mol. The molecule has 4 heterocycles. The highest BCUT2D eigenvalue weighted by molar-refractivity contribution is 5.92. The van der Waals surface area contributed by atoms with Gasteiger partial charge in [0.05, 0.1) is 17.5 Å². The quantitative estimate of drug-likeness (QED) is 0.644. The number of aryl methyl sites for hydroxylation is 1. The molecule has 3 aromatic rings. The highest BCUT2D eigenvalue weighted by Gasteiger charge is 2.45. The van der Waals surface area contributed by atoms with E-state index in [0.29, 0.717) is 24.7 Å². The van der Waals surface area contributed by atoms with Gasteiger partial charge < -0.3 is 9.42 Å². The number of amides is 1. The smallest absolute Gasteiger partial charge is 0.274 e. The van der Waals surface area contributed by atoms with Gasteiger partial charge in [-0.25, -0.2) is 4.98 Å². The van der Waals surface area contributed by atoms with Crippen molar-refractivity contribution in [2.75, 3.05) is 13.1 Å². The molecule has 1 aliphatic heterocycles. The fourth-order valence-electron chi connectivity index (χ4n) is 4.24. The first kappa shape index (κ1) is 18.8. The zero-order chi connectivity index (χ0) is 20.6. The second-order valence-electron chi connectivity index (χ2n) is 8.43. The number of nitrogens with zero attached hydrogens (tertiary/aromatic N) is 6. The van der Waals surface area contributed by atoms with Gasteiger partial charge >= 0.3 is 0 Å². The van der Waals surface area contributed by atoms with Crippen molar-refractivity contribution in [2.45, 2.75) is 44.4 Å². The summed E-state index contributed by atoms with van der Waals surface area (Å²) in [7, 11) is 0. The van der Waals surface area contributed by atoms with Crippen molar-refractivity contribution in [3.05, 3.63) is 54.1 Å². The lowest BCUT2D eigenvalue weighted by molar-refractivity contribution is 0.0639. The number of aromatic nitrogens is 5. The first-order valence-corrected chi connectivity index (χ1v) is 10.5. The van der Waals surface area contributed by atoms with Gasteiger partial charge in [0.2, 0.25) is 0 Å². The van der Waals surface area contributed by atoms with Crippen molar-refractivity contribution in [2.24, 2.45) is 5.92 Å². The Bertz CT molecular complexity index is 1020. The van der Waals surface area contributed by atoms with Gasteiger partial charge in [-0.2, -0.15) is 4.98 Å². The maximum absolute atomic E-state index is 12.8. The molecule has 1 saturated heterocycles. The second kappa shape index (κ2) is 7.59. The van der Waals surface area contributed by atoms with Crippen molar-refractivity contribution in [3.8, 4) is 11.5 Å². The first-order valence-electron chi connectivity index (χ1n) is 10.5. The average Bonchev–Trinajstić information content (AvgIpc) is 3.45. The Morgan fingerprint density at radius 2 is 2.03 bits per heavy atom. The van der Waals surface area contributed by atoms with Crippen molar-refractivity contribution in [1.82, 2.24) is 30.0 Å². The Labute approximate surface area is 174 Å². The maximum Gasteiger partial charge on any atom is 0.274 e. The number of piperidine rings is 1. The summed E-state index contributed by atoms with van der Waals surface area (Å²) in [4.78, 5) is 32.1. The van der Waals surface area contributed by atoms with Gasteiger partial charge in [0.25, 0.3) is 11.8 Å². The van der Waals surface area contributed by atoms with Crippen LogP contribution in [-0.2, 0) is 5.41 Å². The summed E-state index contributed by atoms with van der Waals surface area (Å²) in [6.07, 6.45) is 11.9. The van der Waals surface area contributed by atoms with Crippen LogP contribution in [0.3, 0.4) is 0 Å². The molecule has 8 heteroatoms. The van der Waals surface area contributed by atoms with Gasteiger partial charge in [-0.1, -0.05) is 18.0 Å². The number of carbonyl (C=O) groups excluding carboxylic acids is 1. The van der Waals surface area contributed by atoms with E-state index in [0.717, 1.165) is 42.3 Å². The maximum atomic E-state index is 12.8. The number of carbonyl (C=O) groups is 1. The van der Waals surface area contributed by atoms with Crippen LogP contribution in [0.5, 0.6) is 0 Å². The van der Waals surface area contributed by atoms with E-state index in [2.05, 4.69) is 20.1 Å². The fourth-order valence-corrected chi connectivity index (χ4v) is 4.24. The highest BCUT2D eigenvalue weighted by atomic mass is 16.5. The molecule has 8 nitrogen and oxygen atoms in total. The minimum absolute atomic E-state index is 0.0633. The highest BCUT2D eigenvalue weighted by Crippen LogP contribution is 2.46. The van der Waals surface area contributed by atoms with Gasteiger partial charge in [-0.05, 0) is 44.2 Å². The third-order valence-electron chi connectivity index (χ3n) is 6.19. The summed E-state index contributed by atoms with van der Waals surface area (Å²) in [5.74, 6) is 1.92. The summed E-state index contributed by atoms with van der Waals surface area (Å²) in [6, 6.07) is 3.78. The molecule has 0 spiro atoms. The summed E-state index contributed by atoms with van der Waals surface area (Å²) in [6.45, 7) is 3.16. The Kier molecular flexibility index (Phi) is 4.77. The molecule has 0 radical (unpaired) electrons. The third kappa shape index (κ3) is 3.69. The molecule has 1 amide bonds. The zero-order valence-corrected chi connectivity index (χ0v) is 17.0. The molecule has 2 aliphatic rings. The second-order valence-corrected chi connectivity index (χ2v) is 8.43. The van der Waals surface area contributed by atoms with Crippen LogP contribution in [0.2, 0.25) is 0 Å². The standard InChI is InChI=1S/C22H24N6O2/c1-15-12-25-18(14-24-15)20(29)28-9-6-22(7-10-28,11-16-4-5-16)21-26-19(30-27-21)17-3-2-8-23-13-17/h2-3,8,12-14,16H,4-7,9-11H2,1H3. The van der Waals surface area contributed by atoms with Gasteiger partial charge in [0, 0.05) is 37.1 Å². The molecule has 5 rings (SSSR count). The molecule has 0 N–H and O–H groups in total. The van der Waals surface area contributed by atoms with E-state index in [9.17, 15) is 4.79 Å². The Balaban J connectivity index is 1.35. The Morgan fingerprint density at radius 1 is 1.20 bits per heavy atom. The lowest BCUT2D eigenvalue weighted by Crippen LogP contribution is -2.46. The van der Waals surface area contributed by atoms with E-state index in [-0.39, 0.29) is 11.3 Å². The summed E-state index contributed by atoms with van der Waals surface area (Å²) < 4.78 is 5.59. The third-order valence-corrected chi connectivity index (χ3v) is 6.19. The summed E-state index contributed by atoms with van der Waals surface area (Å²) in [5, 5.41) is 4.37. The molecule has 0 atom stereocenters. The molecule has 0 unspecified atom stereocenters. The van der Waals surface area contributed by atoms with Crippen molar-refractivity contribution >= 4 is 5.91 Å². The van der Waals surface area contributed by atoms with Crippen LogP contribution in [0, 0.1) is 12.8 Å². The van der Waals surface area contributed by atoms with Crippen LogP contribution in [0.4, 0.5) is 0 Å². The number of pyridine rings is 1. The Hall–Kier alpha value is -3.16. The molecule has 1 aliphatic carbocycles. The van der Waals surface area contributed by atoms with Gasteiger partial charge in [-0.15, -0.1) is 0 Å². The number of rotatable bonds is 5. The van der Waals surface area contributed by atoms with Gasteiger partial charge in [0.1, 0.15) is 5.69 Å². The number of hydrogen-bond acceptors (Lipinski definition) is 7. The SMILES string of the molecule is Cc1cnc(C(=O)N2CCC(CC3CC3)(c3noc(-c4cccnc4)n3)CC2)cn1. The number of hydrogen-bond donors (Lipinski definition) is 0. The Morgan fingerprint density at radius 3 is 2.70 bits per heavy atom. The van der Waals surface area contributed by atoms with E-state index >= 15 is 0 Å². The van der Waals surface area contributed by atoms with Crippen LogP contribution >= 0.6 is 0 Å². The van der Waals surface area contributed by atoms with Crippen LogP contribution in [0.15, 0.2) is 41.4 Å². The van der Waals surface area contributed by atoms with E-state index in [1.165, 1.54) is 12.8 Å². The number of likely N-dealkylation sites (tertiary alicyclic amines) is 1. The molecule has 1 saturated carbocycles. The van der Waals surface area contributed by atoms with E-state index < -0.39 is 0 Å². The normalized spacial score (nSPS) is 18.4. The first-order chi connectivity index (χ1) is 14.6. The van der Waals surface area contributed by atoms with Gasteiger partial charge in [0.15, 0.2) is 5.82 Å².